The molecule has 1 aliphatic rings. The van der Waals surface area contributed by atoms with E-state index in [4.69, 9.17) is 16.3 Å². The number of fused-ring (bicyclic) bond motifs is 1. The number of halogens is 1. The Bertz CT molecular complexity index is 706. The summed E-state index contributed by atoms with van der Waals surface area (Å²) in [4.78, 5) is 21.7. The minimum absolute atomic E-state index is 0.124. The van der Waals surface area contributed by atoms with Gasteiger partial charge in [0.05, 0.1) is 29.7 Å². The first kappa shape index (κ1) is 14.5. The van der Waals surface area contributed by atoms with E-state index in [-0.39, 0.29) is 17.8 Å². The summed E-state index contributed by atoms with van der Waals surface area (Å²) in [5.41, 5.74) is 0.511. The van der Waals surface area contributed by atoms with Gasteiger partial charge in [-0.15, -0.1) is 0 Å². The smallest absolute Gasteiger partial charge is 0.258 e. The van der Waals surface area contributed by atoms with E-state index in [0.717, 1.165) is 13.1 Å². The summed E-state index contributed by atoms with van der Waals surface area (Å²) >= 11 is 5.97. The molecule has 21 heavy (non-hydrogen) atoms. The van der Waals surface area contributed by atoms with E-state index in [0.29, 0.717) is 28.3 Å². The lowest BCUT2D eigenvalue weighted by Gasteiger charge is -2.34. The van der Waals surface area contributed by atoms with Crippen LogP contribution in [0.5, 0.6) is 0 Å². The van der Waals surface area contributed by atoms with Gasteiger partial charge in [0.15, 0.2) is 0 Å². The van der Waals surface area contributed by atoms with E-state index >= 15 is 0 Å². The molecule has 2 heterocycles. The van der Waals surface area contributed by atoms with Crippen LogP contribution in [0.4, 0.5) is 0 Å². The summed E-state index contributed by atoms with van der Waals surface area (Å²) < 4.78 is 5.71. The average molecular weight is 308 g/mol. The zero-order valence-electron chi connectivity index (χ0n) is 12.1. The molecule has 1 saturated heterocycles. The maximum absolute atomic E-state index is 12.1. The first-order valence-corrected chi connectivity index (χ1v) is 7.45. The van der Waals surface area contributed by atoms with Crippen LogP contribution in [-0.2, 0) is 11.3 Å². The molecule has 1 aromatic heterocycles. The molecule has 0 unspecified atom stereocenters. The molecule has 0 saturated carbocycles. The number of H-pyrrole nitrogens is 1. The Morgan fingerprint density at radius 2 is 2.10 bits per heavy atom. The normalized spacial score (nSPS) is 23.6. The van der Waals surface area contributed by atoms with Crippen molar-refractivity contribution >= 4 is 22.5 Å². The van der Waals surface area contributed by atoms with Gasteiger partial charge in [-0.05, 0) is 32.0 Å². The second-order valence-corrected chi connectivity index (χ2v) is 6.06. The maximum Gasteiger partial charge on any atom is 0.258 e. The number of benzene rings is 1. The Kier molecular flexibility index (Phi) is 3.97. The number of aromatic amines is 1. The zero-order chi connectivity index (χ0) is 15.0. The summed E-state index contributed by atoms with van der Waals surface area (Å²) in [5.74, 6) is 0.663. The average Bonchev–Trinajstić information content (AvgIpc) is 2.36. The van der Waals surface area contributed by atoms with Crippen molar-refractivity contribution in [2.75, 3.05) is 13.1 Å². The fourth-order valence-electron chi connectivity index (χ4n) is 2.86. The predicted molar refractivity (Wildman–Crippen MR) is 82.7 cm³/mol. The number of rotatable bonds is 2. The SMILES string of the molecule is C[C@@H]1CN(Cc2nc3cc(Cl)ccc3c(=O)[nH]2)C[C@@H](C)O1. The molecule has 2 atom stereocenters. The Hall–Kier alpha value is -1.43. The van der Waals surface area contributed by atoms with Crippen molar-refractivity contribution in [3.05, 3.63) is 39.4 Å². The molecule has 1 aliphatic heterocycles. The van der Waals surface area contributed by atoms with Crippen molar-refractivity contribution in [1.82, 2.24) is 14.9 Å². The largest absolute Gasteiger partial charge is 0.373 e. The summed E-state index contributed by atoms with van der Waals surface area (Å²) in [6, 6.07) is 5.12. The van der Waals surface area contributed by atoms with Gasteiger partial charge in [0.25, 0.3) is 5.56 Å². The van der Waals surface area contributed by atoms with Crippen molar-refractivity contribution in [3.8, 4) is 0 Å². The number of ether oxygens (including phenoxy) is 1. The van der Waals surface area contributed by atoms with E-state index in [1.165, 1.54) is 0 Å². The van der Waals surface area contributed by atoms with Gasteiger partial charge in [-0.2, -0.15) is 0 Å². The minimum Gasteiger partial charge on any atom is -0.373 e. The van der Waals surface area contributed by atoms with Crippen molar-refractivity contribution in [3.63, 3.8) is 0 Å². The topological polar surface area (TPSA) is 58.2 Å². The second kappa shape index (κ2) is 5.75. The Balaban J connectivity index is 1.89. The number of nitrogens with one attached hydrogen (secondary N) is 1. The molecule has 2 aromatic rings. The van der Waals surface area contributed by atoms with Gasteiger partial charge in [-0.3, -0.25) is 9.69 Å². The Labute approximate surface area is 127 Å². The van der Waals surface area contributed by atoms with Crippen LogP contribution in [0.3, 0.4) is 0 Å². The van der Waals surface area contributed by atoms with Gasteiger partial charge in [0.1, 0.15) is 5.82 Å². The molecule has 5 nitrogen and oxygen atoms in total. The van der Waals surface area contributed by atoms with Crippen LogP contribution in [-0.4, -0.2) is 40.2 Å². The fourth-order valence-corrected chi connectivity index (χ4v) is 3.03. The molecule has 1 aromatic carbocycles. The van der Waals surface area contributed by atoms with E-state index < -0.39 is 0 Å². The highest BCUT2D eigenvalue weighted by Gasteiger charge is 2.22. The first-order valence-electron chi connectivity index (χ1n) is 7.07. The standard InChI is InChI=1S/C15H18ClN3O2/c1-9-6-19(7-10(2)21-9)8-14-17-13-5-11(16)3-4-12(13)15(20)18-14/h3-5,9-10H,6-8H2,1-2H3,(H,17,18,20)/t9-,10-/m1/s1. The van der Waals surface area contributed by atoms with Crippen LogP contribution in [0.2, 0.25) is 5.02 Å². The maximum atomic E-state index is 12.1. The highest BCUT2D eigenvalue weighted by molar-refractivity contribution is 6.31. The van der Waals surface area contributed by atoms with Crippen molar-refractivity contribution in [1.29, 1.82) is 0 Å². The fraction of sp³-hybridized carbons (Fsp3) is 0.467. The lowest BCUT2D eigenvalue weighted by molar-refractivity contribution is -0.0710. The molecule has 0 bridgehead atoms. The minimum atomic E-state index is -0.124. The second-order valence-electron chi connectivity index (χ2n) is 5.63. The van der Waals surface area contributed by atoms with Crippen molar-refractivity contribution < 1.29 is 4.74 Å². The first-order chi connectivity index (χ1) is 10.0. The lowest BCUT2D eigenvalue weighted by Crippen LogP contribution is -2.45. The summed E-state index contributed by atoms with van der Waals surface area (Å²) in [6.07, 6.45) is 0.380. The number of aromatic nitrogens is 2. The van der Waals surface area contributed by atoms with Gasteiger partial charge in [0, 0.05) is 18.1 Å². The molecule has 3 rings (SSSR count). The molecule has 0 spiro atoms. The molecule has 112 valence electrons. The van der Waals surface area contributed by atoms with Crippen LogP contribution in [0, 0.1) is 0 Å². The Morgan fingerprint density at radius 3 is 2.81 bits per heavy atom. The van der Waals surface area contributed by atoms with Gasteiger partial charge >= 0.3 is 0 Å². The molecule has 1 N–H and O–H groups in total. The molecule has 0 amide bonds. The zero-order valence-corrected chi connectivity index (χ0v) is 12.9. The summed E-state index contributed by atoms with van der Waals surface area (Å²) in [7, 11) is 0. The molecular weight excluding hydrogens is 290 g/mol. The number of nitrogens with zero attached hydrogens (tertiary/aromatic N) is 2. The monoisotopic (exact) mass is 307 g/mol. The van der Waals surface area contributed by atoms with Crippen LogP contribution < -0.4 is 5.56 Å². The third kappa shape index (κ3) is 3.26. The lowest BCUT2D eigenvalue weighted by atomic mass is 10.2. The van der Waals surface area contributed by atoms with E-state index in [1.807, 2.05) is 0 Å². The van der Waals surface area contributed by atoms with E-state index in [1.54, 1.807) is 18.2 Å². The molecule has 1 fully saturated rings. The van der Waals surface area contributed by atoms with E-state index in [2.05, 4.69) is 28.7 Å². The van der Waals surface area contributed by atoms with Crippen LogP contribution in [0.1, 0.15) is 19.7 Å². The number of morpholine rings is 1. The molecule has 0 radical (unpaired) electrons. The van der Waals surface area contributed by atoms with Gasteiger partial charge in [-0.1, -0.05) is 11.6 Å². The highest BCUT2D eigenvalue weighted by atomic mass is 35.5. The molecule has 0 aliphatic carbocycles. The quantitative estimate of drug-likeness (QED) is 0.924. The number of hydrogen-bond donors (Lipinski definition) is 1. The van der Waals surface area contributed by atoms with Gasteiger partial charge in [0.2, 0.25) is 0 Å². The molecular formula is C15H18ClN3O2. The van der Waals surface area contributed by atoms with Crippen LogP contribution in [0.15, 0.2) is 23.0 Å². The highest BCUT2D eigenvalue weighted by Crippen LogP contribution is 2.16. The third-order valence-corrected chi connectivity index (χ3v) is 3.82. The Morgan fingerprint density at radius 1 is 1.38 bits per heavy atom. The van der Waals surface area contributed by atoms with Gasteiger partial charge in [-0.25, -0.2) is 4.98 Å². The van der Waals surface area contributed by atoms with E-state index in [9.17, 15) is 4.79 Å². The predicted octanol–water partition coefficient (Wildman–Crippen LogP) is 2.19. The van der Waals surface area contributed by atoms with Gasteiger partial charge < -0.3 is 9.72 Å². The van der Waals surface area contributed by atoms with Crippen LogP contribution in [0.25, 0.3) is 10.9 Å². The third-order valence-electron chi connectivity index (χ3n) is 3.59. The number of hydrogen-bond acceptors (Lipinski definition) is 4. The molecule has 6 heteroatoms. The van der Waals surface area contributed by atoms with Crippen molar-refractivity contribution in [2.45, 2.75) is 32.6 Å². The summed E-state index contributed by atoms with van der Waals surface area (Å²) in [5, 5.41) is 1.15. The van der Waals surface area contributed by atoms with Crippen molar-refractivity contribution in [2.24, 2.45) is 0 Å². The van der Waals surface area contributed by atoms with Crippen LogP contribution >= 0.6 is 11.6 Å². The summed E-state index contributed by atoms with van der Waals surface area (Å²) in [6.45, 7) is 6.39.